The molecule has 0 amide bonds. The van der Waals surface area contributed by atoms with Crippen molar-refractivity contribution in [3.63, 3.8) is 0 Å². The van der Waals surface area contributed by atoms with E-state index in [1.807, 2.05) is 0 Å². The van der Waals surface area contributed by atoms with Crippen molar-refractivity contribution >= 4 is 0 Å². The molecule has 0 aliphatic heterocycles. The molecular formula is C23H37NO2. The molecule has 0 heterocycles. The number of aliphatic hydroxyl groups is 2. The summed E-state index contributed by atoms with van der Waals surface area (Å²) < 4.78 is 0. The van der Waals surface area contributed by atoms with Crippen LogP contribution in [0.2, 0.25) is 0 Å². The topological polar surface area (TPSA) is 64.2 Å². The maximum Gasteiger partial charge on any atom is 0.0621 e. The van der Waals surface area contributed by atoms with Crippen molar-refractivity contribution < 1.29 is 10.2 Å². The molecule has 3 nitrogen and oxygen atoms in total. The van der Waals surface area contributed by atoms with E-state index < -0.39 is 0 Å². The molecule has 0 unspecified atom stereocenters. The van der Waals surface area contributed by atoms with Crippen LogP contribution >= 0.6 is 0 Å². The van der Waals surface area contributed by atoms with Crippen LogP contribution in [-0.4, -0.2) is 22.4 Å². The fourth-order valence-electron chi connectivity index (χ4n) is 8.21. The third-order valence-electron chi connectivity index (χ3n) is 9.69. The Bertz CT molecular complexity index is 571. The van der Waals surface area contributed by atoms with Crippen molar-refractivity contribution in [2.75, 3.05) is 0 Å². The Kier molecular flexibility index (Phi) is 4.89. The van der Waals surface area contributed by atoms with E-state index in [2.05, 4.69) is 19.9 Å². The Hall–Kier alpha value is -0.590. The van der Waals surface area contributed by atoms with Gasteiger partial charge < -0.3 is 10.2 Å². The Morgan fingerprint density at radius 3 is 2.46 bits per heavy atom. The van der Waals surface area contributed by atoms with Crippen LogP contribution in [0.25, 0.3) is 0 Å². The second kappa shape index (κ2) is 6.78. The minimum atomic E-state index is -0.175. The maximum absolute atomic E-state index is 11.2. The first-order valence-corrected chi connectivity index (χ1v) is 11.1. The van der Waals surface area contributed by atoms with E-state index in [1.54, 1.807) is 0 Å². The number of hydrogen-bond acceptors (Lipinski definition) is 3. The largest absolute Gasteiger partial charge is 0.393 e. The molecule has 0 aromatic carbocycles. The lowest BCUT2D eigenvalue weighted by Gasteiger charge is -2.62. The molecule has 9 atom stereocenters. The second-order valence-electron chi connectivity index (χ2n) is 10.6. The van der Waals surface area contributed by atoms with E-state index in [9.17, 15) is 10.2 Å². The summed E-state index contributed by atoms with van der Waals surface area (Å²) in [5, 5.41) is 30.2. The fraction of sp³-hybridized carbons (Fsp3) is 0.957. The molecule has 4 aliphatic carbocycles. The average molecular weight is 360 g/mol. The number of nitrogens with zero attached hydrogens (tertiary/aromatic N) is 1. The lowest BCUT2D eigenvalue weighted by Crippen LogP contribution is -2.58. The quantitative estimate of drug-likeness (QED) is 0.720. The zero-order valence-electron chi connectivity index (χ0n) is 16.7. The molecule has 0 saturated heterocycles. The average Bonchev–Trinajstić information content (AvgIpc) is 2.93. The van der Waals surface area contributed by atoms with Gasteiger partial charge in [-0.15, -0.1) is 0 Å². The Labute approximate surface area is 159 Å². The normalized spacial score (nSPS) is 53.3. The summed E-state index contributed by atoms with van der Waals surface area (Å²) in [5.74, 6) is 3.01. The van der Waals surface area contributed by atoms with Crippen molar-refractivity contribution in [1.29, 1.82) is 5.26 Å². The highest BCUT2D eigenvalue weighted by Crippen LogP contribution is 2.67. The van der Waals surface area contributed by atoms with Gasteiger partial charge in [0.05, 0.1) is 18.3 Å². The maximum atomic E-state index is 11.2. The molecular weight excluding hydrogens is 322 g/mol. The van der Waals surface area contributed by atoms with Crippen LogP contribution in [0.3, 0.4) is 0 Å². The first-order chi connectivity index (χ1) is 12.4. The van der Waals surface area contributed by atoms with Gasteiger partial charge in [-0.05, 0) is 105 Å². The number of aliphatic hydroxyl groups excluding tert-OH is 2. The predicted octanol–water partition coefficient (Wildman–Crippen LogP) is 4.67. The third kappa shape index (κ3) is 2.75. The summed E-state index contributed by atoms with van der Waals surface area (Å²) in [6.07, 6.45) is 11.6. The summed E-state index contributed by atoms with van der Waals surface area (Å²) in [5.41, 5.74) is 0.693. The summed E-state index contributed by atoms with van der Waals surface area (Å²) in [7, 11) is 0. The number of nitriles is 1. The molecule has 0 aromatic heterocycles. The van der Waals surface area contributed by atoms with Crippen LogP contribution < -0.4 is 0 Å². The molecule has 2 N–H and O–H groups in total. The third-order valence-corrected chi connectivity index (χ3v) is 9.69. The first-order valence-electron chi connectivity index (χ1n) is 11.1. The molecule has 0 spiro atoms. The minimum absolute atomic E-state index is 0.151. The molecule has 0 radical (unpaired) electrons. The van der Waals surface area contributed by atoms with Crippen LogP contribution in [-0.2, 0) is 0 Å². The van der Waals surface area contributed by atoms with Gasteiger partial charge in [-0.3, -0.25) is 0 Å². The van der Waals surface area contributed by atoms with E-state index in [0.29, 0.717) is 40.9 Å². The molecule has 3 heteroatoms. The van der Waals surface area contributed by atoms with E-state index >= 15 is 0 Å². The Balaban J connectivity index is 1.56. The second-order valence-corrected chi connectivity index (χ2v) is 10.6. The van der Waals surface area contributed by atoms with Gasteiger partial charge in [0.2, 0.25) is 0 Å². The molecule has 4 rings (SSSR count). The number of hydrogen-bond donors (Lipinski definition) is 2. The lowest BCUT2D eigenvalue weighted by molar-refractivity contribution is -0.172. The van der Waals surface area contributed by atoms with Crippen LogP contribution in [0.1, 0.15) is 84.5 Å². The highest BCUT2D eigenvalue weighted by atomic mass is 16.3. The smallest absolute Gasteiger partial charge is 0.0621 e. The number of rotatable bonds is 3. The molecule has 0 bridgehead atoms. The highest BCUT2D eigenvalue weighted by Gasteiger charge is 2.62. The monoisotopic (exact) mass is 359 g/mol. The molecule has 4 aliphatic rings. The molecule has 4 fully saturated rings. The van der Waals surface area contributed by atoms with Crippen LogP contribution in [0.4, 0.5) is 0 Å². The molecule has 0 aromatic rings. The SMILES string of the molecule is C[C@]12CC[C@@H](O)C[C@H]1C[C@@H](O)[C@@H]1[C@@H]2CC[C@]2(C)[C@@H](CCCC#N)CC[C@@H]12. The zero-order valence-corrected chi connectivity index (χ0v) is 16.7. The molecule has 4 saturated carbocycles. The van der Waals surface area contributed by atoms with E-state index in [1.165, 1.54) is 32.1 Å². The highest BCUT2D eigenvalue weighted by molar-refractivity contribution is 5.11. The number of unbranched alkanes of at least 4 members (excludes halogenated alkanes) is 1. The first kappa shape index (κ1) is 18.8. The van der Waals surface area contributed by atoms with Gasteiger partial charge >= 0.3 is 0 Å². The van der Waals surface area contributed by atoms with Gasteiger partial charge in [0.25, 0.3) is 0 Å². The van der Waals surface area contributed by atoms with E-state index in [4.69, 9.17) is 5.26 Å². The predicted molar refractivity (Wildman–Crippen MR) is 102 cm³/mol. The number of fused-ring (bicyclic) bond motifs is 5. The van der Waals surface area contributed by atoms with Gasteiger partial charge in [-0.1, -0.05) is 13.8 Å². The molecule has 26 heavy (non-hydrogen) atoms. The van der Waals surface area contributed by atoms with Gasteiger partial charge in [0, 0.05) is 6.42 Å². The molecule has 146 valence electrons. The summed E-state index contributed by atoms with van der Waals surface area (Å²) in [4.78, 5) is 0. The van der Waals surface area contributed by atoms with E-state index in [-0.39, 0.29) is 12.2 Å². The van der Waals surface area contributed by atoms with Gasteiger partial charge in [-0.25, -0.2) is 0 Å². The van der Waals surface area contributed by atoms with Crippen molar-refractivity contribution in [2.45, 2.75) is 96.7 Å². The lowest BCUT2D eigenvalue weighted by atomic mass is 9.44. The van der Waals surface area contributed by atoms with Crippen molar-refractivity contribution in [3.05, 3.63) is 0 Å². The van der Waals surface area contributed by atoms with Gasteiger partial charge in [0.1, 0.15) is 0 Å². The van der Waals surface area contributed by atoms with Crippen molar-refractivity contribution in [3.8, 4) is 6.07 Å². The van der Waals surface area contributed by atoms with Crippen molar-refractivity contribution in [2.24, 2.45) is 40.4 Å². The minimum Gasteiger partial charge on any atom is -0.393 e. The van der Waals surface area contributed by atoms with Gasteiger partial charge in [0.15, 0.2) is 0 Å². The fourth-order valence-corrected chi connectivity index (χ4v) is 8.21. The van der Waals surface area contributed by atoms with Crippen LogP contribution in [0.15, 0.2) is 0 Å². The van der Waals surface area contributed by atoms with Crippen LogP contribution in [0.5, 0.6) is 0 Å². The summed E-state index contributed by atoms with van der Waals surface area (Å²) in [6.45, 7) is 4.98. The zero-order chi connectivity index (χ0) is 18.5. The Morgan fingerprint density at radius 1 is 0.962 bits per heavy atom. The van der Waals surface area contributed by atoms with Gasteiger partial charge in [-0.2, -0.15) is 5.26 Å². The standard InChI is InChI=1S/C23H37NO2/c1-22-11-9-19-21(18(22)7-6-15(22)5-3-4-12-24)20(26)14-16-13-17(25)8-10-23(16,19)2/h15-21,25-26H,3-11,13-14H2,1-2H3/t15-,16-,17+,18-,19-,20+,21-,22+,23-/m0/s1. The van der Waals surface area contributed by atoms with Crippen molar-refractivity contribution in [1.82, 2.24) is 0 Å². The Morgan fingerprint density at radius 2 is 1.69 bits per heavy atom. The summed E-state index contributed by atoms with van der Waals surface area (Å²) in [6, 6.07) is 2.31. The summed E-state index contributed by atoms with van der Waals surface area (Å²) >= 11 is 0. The van der Waals surface area contributed by atoms with Crippen LogP contribution in [0, 0.1) is 51.8 Å². The van der Waals surface area contributed by atoms with E-state index in [0.717, 1.165) is 38.0 Å².